The Balaban J connectivity index is 2.42. The summed E-state index contributed by atoms with van der Waals surface area (Å²) in [5, 5.41) is 21.1. The highest BCUT2D eigenvalue weighted by Crippen LogP contribution is 2.17. The monoisotopic (exact) mass is 273 g/mol. The van der Waals surface area contributed by atoms with Gasteiger partial charge in [0.2, 0.25) is 0 Å². The summed E-state index contributed by atoms with van der Waals surface area (Å²) in [6.07, 6.45) is -0.667. The van der Waals surface area contributed by atoms with Gasteiger partial charge in [-0.3, -0.25) is 0 Å². The molecule has 0 spiro atoms. The average molecular weight is 273 g/mol. The molecule has 7 heteroatoms. The molecule has 2 amide bonds. The summed E-state index contributed by atoms with van der Waals surface area (Å²) in [5.74, 6) is -1.08. The van der Waals surface area contributed by atoms with E-state index in [9.17, 15) is 14.7 Å². The number of aliphatic carboxylic acids is 1. The number of aliphatic hydroxyl groups excluding tert-OH is 1. The highest BCUT2D eigenvalue weighted by molar-refractivity contribution is 5.83. The predicted molar refractivity (Wildman–Crippen MR) is 69.9 cm³/mol. The van der Waals surface area contributed by atoms with Crippen molar-refractivity contribution >= 4 is 12.0 Å². The largest absolute Gasteiger partial charge is 0.480 e. The fourth-order valence-electron chi connectivity index (χ4n) is 1.97. The standard InChI is InChI=1S/C12H23N3O4/c1-8(2)14(3)5-4-13-12(19)15-7-9(16)6-10(15)11(17)18/h8-10,16H,4-7H2,1-3H3,(H,13,19)(H,17,18)/t9-,10+/m1/s1. The summed E-state index contributed by atoms with van der Waals surface area (Å²) in [6.45, 7) is 5.32. The summed E-state index contributed by atoms with van der Waals surface area (Å²) in [4.78, 5) is 26.1. The van der Waals surface area contributed by atoms with E-state index in [4.69, 9.17) is 5.11 Å². The van der Waals surface area contributed by atoms with Gasteiger partial charge < -0.3 is 25.3 Å². The van der Waals surface area contributed by atoms with Gasteiger partial charge in [-0.05, 0) is 20.9 Å². The van der Waals surface area contributed by atoms with Gasteiger partial charge in [-0.25, -0.2) is 9.59 Å². The molecule has 0 aliphatic carbocycles. The van der Waals surface area contributed by atoms with Crippen molar-refractivity contribution in [2.75, 3.05) is 26.7 Å². The molecule has 0 aromatic heterocycles. The first-order valence-corrected chi connectivity index (χ1v) is 6.48. The van der Waals surface area contributed by atoms with Crippen molar-refractivity contribution in [1.82, 2.24) is 15.1 Å². The molecule has 19 heavy (non-hydrogen) atoms. The fourth-order valence-corrected chi connectivity index (χ4v) is 1.97. The Morgan fingerprint density at radius 3 is 2.63 bits per heavy atom. The van der Waals surface area contributed by atoms with Crippen LogP contribution in [0.3, 0.4) is 0 Å². The Morgan fingerprint density at radius 2 is 2.11 bits per heavy atom. The number of urea groups is 1. The summed E-state index contributed by atoms with van der Waals surface area (Å²) >= 11 is 0. The number of likely N-dealkylation sites (N-methyl/N-ethyl adjacent to an activating group) is 1. The number of nitrogens with zero attached hydrogens (tertiary/aromatic N) is 2. The Morgan fingerprint density at radius 1 is 1.47 bits per heavy atom. The molecule has 2 atom stereocenters. The smallest absolute Gasteiger partial charge is 0.326 e. The van der Waals surface area contributed by atoms with Crippen LogP contribution in [0.15, 0.2) is 0 Å². The maximum atomic E-state index is 11.9. The zero-order chi connectivity index (χ0) is 14.6. The van der Waals surface area contributed by atoms with Crippen molar-refractivity contribution in [3.63, 3.8) is 0 Å². The molecule has 0 aromatic carbocycles. The van der Waals surface area contributed by atoms with Crippen LogP contribution in [0.4, 0.5) is 4.79 Å². The zero-order valence-electron chi connectivity index (χ0n) is 11.7. The van der Waals surface area contributed by atoms with Crippen LogP contribution in [0, 0.1) is 0 Å². The van der Waals surface area contributed by atoms with E-state index in [-0.39, 0.29) is 13.0 Å². The van der Waals surface area contributed by atoms with Crippen molar-refractivity contribution in [2.24, 2.45) is 0 Å². The molecule has 0 radical (unpaired) electrons. The van der Waals surface area contributed by atoms with Gasteiger partial charge in [0, 0.05) is 32.1 Å². The van der Waals surface area contributed by atoms with Crippen molar-refractivity contribution in [1.29, 1.82) is 0 Å². The first-order valence-electron chi connectivity index (χ1n) is 6.48. The Hall–Kier alpha value is -1.34. The molecule has 0 unspecified atom stereocenters. The van der Waals surface area contributed by atoms with Crippen LogP contribution in [0.1, 0.15) is 20.3 Å². The first-order chi connectivity index (χ1) is 8.82. The van der Waals surface area contributed by atoms with Crippen LogP contribution in [0.5, 0.6) is 0 Å². The molecule has 110 valence electrons. The number of carbonyl (C=O) groups excluding carboxylic acids is 1. The molecule has 0 saturated carbocycles. The Labute approximate surface area is 113 Å². The van der Waals surface area contributed by atoms with Crippen LogP contribution in [0.25, 0.3) is 0 Å². The second-order valence-corrected chi connectivity index (χ2v) is 5.20. The predicted octanol–water partition coefficient (Wildman–Crippen LogP) is -0.444. The fraction of sp³-hybridized carbons (Fsp3) is 0.833. The average Bonchev–Trinajstić information content (AvgIpc) is 2.71. The normalized spacial score (nSPS) is 23.2. The van der Waals surface area contributed by atoms with Gasteiger partial charge in [0.1, 0.15) is 6.04 Å². The quantitative estimate of drug-likeness (QED) is 0.631. The lowest BCUT2D eigenvalue weighted by Crippen LogP contribution is -2.48. The van der Waals surface area contributed by atoms with Gasteiger partial charge in [-0.1, -0.05) is 0 Å². The summed E-state index contributed by atoms with van der Waals surface area (Å²) < 4.78 is 0. The van der Waals surface area contributed by atoms with E-state index in [1.807, 2.05) is 7.05 Å². The minimum Gasteiger partial charge on any atom is -0.480 e. The summed E-state index contributed by atoms with van der Waals surface area (Å²) in [7, 11) is 1.95. The highest BCUT2D eigenvalue weighted by atomic mass is 16.4. The van der Waals surface area contributed by atoms with Crippen LogP contribution in [0.2, 0.25) is 0 Å². The van der Waals surface area contributed by atoms with Crippen molar-refractivity contribution in [2.45, 2.75) is 38.5 Å². The number of carbonyl (C=O) groups is 2. The third-order valence-electron chi connectivity index (χ3n) is 3.45. The lowest BCUT2D eigenvalue weighted by atomic mass is 10.2. The number of carboxylic acid groups (broad SMARTS) is 1. The van der Waals surface area contributed by atoms with E-state index >= 15 is 0 Å². The van der Waals surface area contributed by atoms with Gasteiger partial charge >= 0.3 is 12.0 Å². The minimum atomic E-state index is -1.08. The number of β-amino-alcohol motifs (C(OH)–C–C–N with tert-alkyl or cyclic N) is 1. The second kappa shape index (κ2) is 6.72. The first kappa shape index (κ1) is 15.7. The minimum absolute atomic E-state index is 0.0722. The molecule has 1 saturated heterocycles. The zero-order valence-corrected chi connectivity index (χ0v) is 11.7. The topological polar surface area (TPSA) is 93.1 Å². The molecule has 0 aromatic rings. The molecule has 1 aliphatic heterocycles. The summed E-state index contributed by atoms with van der Waals surface area (Å²) in [5.41, 5.74) is 0. The maximum absolute atomic E-state index is 11.9. The molecule has 1 fully saturated rings. The van der Waals surface area contributed by atoms with Gasteiger partial charge in [0.25, 0.3) is 0 Å². The second-order valence-electron chi connectivity index (χ2n) is 5.20. The molecule has 1 rings (SSSR count). The van der Waals surface area contributed by atoms with Crippen molar-refractivity contribution in [3.8, 4) is 0 Å². The van der Waals surface area contributed by atoms with Gasteiger partial charge in [0.15, 0.2) is 0 Å². The number of amides is 2. The number of carboxylic acids is 1. The maximum Gasteiger partial charge on any atom is 0.326 e. The van der Waals surface area contributed by atoms with Crippen molar-refractivity contribution in [3.05, 3.63) is 0 Å². The van der Waals surface area contributed by atoms with E-state index < -0.39 is 24.1 Å². The van der Waals surface area contributed by atoms with Gasteiger partial charge in [-0.2, -0.15) is 0 Å². The molecule has 1 heterocycles. The molecular formula is C12H23N3O4. The van der Waals surface area contributed by atoms with Crippen LogP contribution >= 0.6 is 0 Å². The van der Waals surface area contributed by atoms with Gasteiger partial charge in [-0.15, -0.1) is 0 Å². The third kappa shape index (κ3) is 4.36. The number of aliphatic hydroxyl groups is 1. The Bertz CT molecular complexity index is 335. The number of likely N-dealkylation sites (tertiary alicyclic amines) is 1. The van der Waals surface area contributed by atoms with Crippen LogP contribution in [-0.4, -0.2) is 76.9 Å². The molecule has 0 bridgehead atoms. The van der Waals surface area contributed by atoms with E-state index in [1.54, 1.807) is 0 Å². The lowest BCUT2D eigenvalue weighted by molar-refractivity contribution is -0.141. The van der Waals surface area contributed by atoms with E-state index in [2.05, 4.69) is 24.1 Å². The van der Waals surface area contributed by atoms with E-state index in [1.165, 1.54) is 4.90 Å². The molecule has 1 aliphatic rings. The third-order valence-corrected chi connectivity index (χ3v) is 3.45. The number of nitrogens with one attached hydrogen (secondary N) is 1. The number of rotatable bonds is 5. The van der Waals surface area contributed by atoms with Crippen LogP contribution < -0.4 is 5.32 Å². The molecule has 3 N–H and O–H groups in total. The highest BCUT2D eigenvalue weighted by Gasteiger charge is 2.38. The number of hydrogen-bond donors (Lipinski definition) is 3. The number of hydrogen-bond acceptors (Lipinski definition) is 4. The van der Waals surface area contributed by atoms with E-state index in [0.717, 1.165) is 0 Å². The molecular weight excluding hydrogens is 250 g/mol. The van der Waals surface area contributed by atoms with Crippen LogP contribution in [-0.2, 0) is 4.79 Å². The van der Waals surface area contributed by atoms with Crippen molar-refractivity contribution < 1.29 is 19.8 Å². The van der Waals surface area contributed by atoms with Gasteiger partial charge in [0.05, 0.1) is 6.10 Å². The summed E-state index contributed by atoms with van der Waals surface area (Å²) in [6, 6.07) is -0.976. The lowest BCUT2D eigenvalue weighted by Gasteiger charge is -2.24. The molecule has 7 nitrogen and oxygen atoms in total. The Kier molecular flexibility index (Phi) is 5.56. The SMILES string of the molecule is CC(C)N(C)CCNC(=O)N1C[C@H](O)C[C@H]1C(=O)O. The van der Waals surface area contributed by atoms with E-state index in [0.29, 0.717) is 19.1 Å².